The molecule has 1 aliphatic heterocycles. The maximum atomic E-state index is 12.7. The van der Waals surface area contributed by atoms with Crippen molar-refractivity contribution in [1.82, 2.24) is 9.80 Å². The van der Waals surface area contributed by atoms with Crippen molar-refractivity contribution in [3.63, 3.8) is 0 Å². The summed E-state index contributed by atoms with van der Waals surface area (Å²) >= 11 is 0. The zero-order valence-corrected chi connectivity index (χ0v) is 20.7. The SMILES string of the molecule is COCCN(CC(=O)Nc1ccc(N2CCN(C(=O)c3ccc(C)cc3)CC2)cc1)C(=O)COC. The van der Waals surface area contributed by atoms with E-state index in [4.69, 9.17) is 9.47 Å². The number of carbonyl (C=O) groups excluding carboxylic acids is 3. The van der Waals surface area contributed by atoms with Crippen LogP contribution in [0, 0.1) is 6.92 Å². The number of hydrogen-bond donors (Lipinski definition) is 1. The Labute approximate surface area is 206 Å². The molecular formula is C26H34N4O5. The van der Waals surface area contributed by atoms with E-state index in [1.165, 1.54) is 12.0 Å². The van der Waals surface area contributed by atoms with E-state index in [0.29, 0.717) is 37.5 Å². The minimum absolute atomic E-state index is 0.0613. The first-order chi connectivity index (χ1) is 16.9. The highest BCUT2D eigenvalue weighted by Crippen LogP contribution is 2.20. The van der Waals surface area contributed by atoms with Crippen LogP contribution in [-0.4, -0.2) is 94.2 Å². The van der Waals surface area contributed by atoms with E-state index in [1.54, 1.807) is 7.11 Å². The van der Waals surface area contributed by atoms with Gasteiger partial charge in [0.25, 0.3) is 5.91 Å². The van der Waals surface area contributed by atoms with Gasteiger partial charge in [0.15, 0.2) is 0 Å². The molecular weight excluding hydrogens is 448 g/mol. The molecule has 9 nitrogen and oxygen atoms in total. The number of aryl methyl sites for hydroxylation is 1. The van der Waals surface area contributed by atoms with E-state index in [1.807, 2.05) is 60.4 Å². The molecule has 1 N–H and O–H groups in total. The summed E-state index contributed by atoms with van der Waals surface area (Å²) in [6, 6.07) is 15.2. The third-order valence-electron chi connectivity index (χ3n) is 5.90. The first-order valence-electron chi connectivity index (χ1n) is 11.7. The lowest BCUT2D eigenvalue weighted by Gasteiger charge is -2.36. The van der Waals surface area contributed by atoms with Crippen molar-refractivity contribution in [1.29, 1.82) is 0 Å². The minimum atomic E-state index is -0.290. The van der Waals surface area contributed by atoms with Gasteiger partial charge in [-0.1, -0.05) is 17.7 Å². The van der Waals surface area contributed by atoms with Crippen LogP contribution in [0.5, 0.6) is 0 Å². The van der Waals surface area contributed by atoms with Gasteiger partial charge >= 0.3 is 0 Å². The maximum Gasteiger partial charge on any atom is 0.253 e. The van der Waals surface area contributed by atoms with Crippen molar-refractivity contribution in [2.24, 2.45) is 0 Å². The predicted molar refractivity (Wildman–Crippen MR) is 135 cm³/mol. The number of anilines is 2. The van der Waals surface area contributed by atoms with Crippen LogP contribution in [0.15, 0.2) is 48.5 Å². The molecule has 1 aliphatic rings. The molecule has 0 aromatic heterocycles. The van der Waals surface area contributed by atoms with Gasteiger partial charge in [0.05, 0.1) is 6.61 Å². The fourth-order valence-corrected chi connectivity index (χ4v) is 3.88. The number of nitrogens with one attached hydrogen (secondary N) is 1. The minimum Gasteiger partial charge on any atom is -0.383 e. The molecule has 3 rings (SSSR count). The second-order valence-corrected chi connectivity index (χ2v) is 8.48. The largest absolute Gasteiger partial charge is 0.383 e. The summed E-state index contributed by atoms with van der Waals surface area (Å²) in [6.45, 7) is 5.25. The lowest BCUT2D eigenvalue weighted by atomic mass is 10.1. The summed E-state index contributed by atoms with van der Waals surface area (Å²) in [5.74, 6) is -0.497. The molecule has 0 unspecified atom stereocenters. The Hall–Kier alpha value is -3.43. The first kappa shape index (κ1) is 26.2. The number of rotatable bonds is 10. The first-order valence-corrected chi connectivity index (χ1v) is 11.7. The third-order valence-corrected chi connectivity index (χ3v) is 5.90. The maximum absolute atomic E-state index is 12.7. The van der Waals surface area contributed by atoms with Crippen molar-refractivity contribution in [2.75, 3.05) is 76.9 Å². The zero-order chi connectivity index (χ0) is 25.2. The van der Waals surface area contributed by atoms with Gasteiger partial charge in [-0.15, -0.1) is 0 Å². The van der Waals surface area contributed by atoms with Gasteiger partial charge in [0.2, 0.25) is 11.8 Å². The molecule has 35 heavy (non-hydrogen) atoms. The van der Waals surface area contributed by atoms with Gasteiger partial charge < -0.3 is 29.5 Å². The highest BCUT2D eigenvalue weighted by atomic mass is 16.5. The molecule has 2 aromatic rings. The van der Waals surface area contributed by atoms with Gasteiger partial charge in [-0.05, 0) is 43.3 Å². The summed E-state index contributed by atoms with van der Waals surface area (Å²) in [6.07, 6.45) is 0. The van der Waals surface area contributed by atoms with E-state index in [0.717, 1.165) is 24.3 Å². The molecule has 3 amide bonds. The van der Waals surface area contributed by atoms with Crippen LogP contribution >= 0.6 is 0 Å². The smallest absolute Gasteiger partial charge is 0.253 e. The van der Waals surface area contributed by atoms with Gasteiger partial charge in [0.1, 0.15) is 13.2 Å². The topological polar surface area (TPSA) is 91.4 Å². The van der Waals surface area contributed by atoms with Crippen molar-refractivity contribution in [2.45, 2.75) is 6.92 Å². The molecule has 1 fully saturated rings. The average Bonchev–Trinajstić information content (AvgIpc) is 2.87. The highest BCUT2D eigenvalue weighted by Gasteiger charge is 2.22. The number of methoxy groups -OCH3 is 2. The number of hydrogen-bond acceptors (Lipinski definition) is 6. The molecule has 1 heterocycles. The Balaban J connectivity index is 1.50. The van der Waals surface area contributed by atoms with Crippen molar-refractivity contribution < 1.29 is 23.9 Å². The van der Waals surface area contributed by atoms with Gasteiger partial charge in [-0.25, -0.2) is 0 Å². The Kier molecular flexibility index (Phi) is 9.63. The molecule has 0 saturated carbocycles. The van der Waals surface area contributed by atoms with Gasteiger partial charge in [-0.3, -0.25) is 14.4 Å². The van der Waals surface area contributed by atoms with Crippen LogP contribution in [0.3, 0.4) is 0 Å². The highest BCUT2D eigenvalue weighted by molar-refractivity contribution is 5.95. The van der Waals surface area contributed by atoms with Crippen LogP contribution in [-0.2, 0) is 19.1 Å². The van der Waals surface area contributed by atoms with Crippen molar-refractivity contribution >= 4 is 29.1 Å². The van der Waals surface area contributed by atoms with Crippen LogP contribution in [0.25, 0.3) is 0 Å². The fourth-order valence-electron chi connectivity index (χ4n) is 3.88. The van der Waals surface area contributed by atoms with Crippen LogP contribution in [0.2, 0.25) is 0 Å². The number of piperazine rings is 1. The molecule has 0 spiro atoms. The lowest BCUT2D eigenvalue weighted by Crippen LogP contribution is -2.48. The average molecular weight is 483 g/mol. The Bertz CT molecular complexity index is 986. The normalized spacial score (nSPS) is 13.5. The lowest BCUT2D eigenvalue weighted by molar-refractivity contribution is -0.138. The quantitative estimate of drug-likeness (QED) is 0.557. The third kappa shape index (κ3) is 7.53. The van der Waals surface area contributed by atoms with E-state index in [-0.39, 0.29) is 30.9 Å². The standard InChI is InChI=1S/C26H34N4O5/c1-20-4-6-21(7-5-20)26(33)29-14-12-28(13-15-29)23-10-8-22(9-11-23)27-24(31)18-30(16-17-34-2)25(32)19-35-3/h4-11H,12-19H2,1-3H3,(H,27,31). The molecule has 0 aliphatic carbocycles. The Morgan fingerprint density at radius 1 is 0.914 bits per heavy atom. The molecule has 0 radical (unpaired) electrons. The fraction of sp³-hybridized carbons (Fsp3) is 0.423. The Morgan fingerprint density at radius 2 is 1.57 bits per heavy atom. The van der Waals surface area contributed by atoms with Crippen molar-refractivity contribution in [3.8, 4) is 0 Å². The predicted octanol–water partition coefficient (Wildman–Crippen LogP) is 2.02. The molecule has 0 atom stereocenters. The second kappa shape index (κ2) is 12.9. The molecule has 9 heteroatoms. The van der Waals surface area contributed by atoms with Crippen LogP contribution in [0.1, 0.15) is 15.9 Å². The summed E-state index contributed by atoms with van der Waals surface area (Å²) in [7, 11) is 2.98. The van der Waals surface area contributed by atoms with E-state index < -0.39 is 0 Å². The number of amides is 3. The number of carbonyl (C=O) groups is 3. The van der Waals surface area contributed by atoms with Gasteiger partial charge in [-0.2, -0.15) is 0 Å². The summed E-state index contributed by atoms with van der Waals surface area (Å²) in [4.78, 5) is 42.9. The van der Waals surface area contributed by atoms with Crippen LogP contribution in [0.4, 0.5) is 11.4 Å². The molecule has 188 valence electrons. The Morgan fingerprint density at radius 3 is 2.17 bits per heavy atom. The summed E-state index contributed by atoms with van der Waals surface area (Å²) in [5.41, 5.74) is 3.53. The summed E-state index contributed by atoms with van der Waals surface area (Å²) < 4.78 is 9.92. The van der Waals surface area contributed by atoms with E-state index >= 15 is 0 Å². The van der Waals surface area contributed by atoms with E-state index in [9.17, 15) is 14.4 Å². The second-order valence-electron chi connectivity index (χ2n) is 8.48. The molecule has 2 aromatic carbocycles. The number of ether oxygens (including phenoxy) is 2. The zero-order valence-electron chi connectivity index (χ0n) is 20.7. The van der Waals surface area contributed by atoms with E-state index in [2.05, 4.69) is 10.2 Å². The van der Waals surface area contributed by atoms with Crippen molar-refractivity contribution in [3.05, 3.63) is 59.7 Å². The summed E-state index contributed by atoms with van der Waals surface area (Å²) in [5, 5.41) is 2.83. The van der Waals surface area contributed by atoms with Crippen LogP contribution < -0.4 is 10.2 Å². The molecule has 0 bridgehead atoms. The number of nitrogens with zero attached hydrogens (tertiary/aromatic N) is 3. The monoisotopic (exact) mass is 482 g/mol. The van der Waals surface area contributed by atoms with Gasteiger partial charge in [0, 0.05) is 63.9 Å². The molecule has 1 saturated heterocycles. The number of benzene rings is 2.